The first-order valence-electron chi connectivity index (χ1n) is 13.1. The maximum Gasteiger partial charge on any atom is 0.338 e. The molecule has 208 valence electrons. The maximum absolute atomic E-state index is 13.3. The van der Waals surface area contributed by atoms with Crippen molar-refractivity contribution in [3.05, 3.63) is 70.9 Å². The number of carbonyl (C=O) groups is 3. The van der Waals surface area contributed by atoms with E-state index in [0.29, 0.717) is 66.6 Å². The number of rotatable bonds is 8. The minimum Gasteiger partial charge on any atom is -0.497 e. The minimum atomic E-state index is -0.723. The van der Waals surface area contributed by atoms with Gasteiger partial charge in [-0.25, -0.2) is 9.59 Å². The van der Waals surface area contributed by atoms with Crippen LogP contribution in [-0.2, 0) is 9.53 Å². The molecule has 0 bridgehead atoms. The Morgan fingerprint density at radius 2 is 1.72 bits per heavy atom. The molecule has 2 heterocycles. The highest BCUT2D eigenvalue weighted by molar-refractivity contribution is 5.95. The van der Waals surface area contributed by atoms with Crippen LogP contribution in [0.25, 0.3) is 0 Å². The fourth-order valence-corrected chi connectivity index (χ4v) is 5.00. The number of nitrogens with zero attached hydrogens (tertiary/aromatic N) is 3. The van der Waals surface area contributed by atoms with Crippen molar-refractivity contribution in [3.8, 4) is 11.5 Å². The number of benzene rings is 2. The number of hydrogen-bond acceptors (Lipinski definition) is 7. The first-order valence-corrected chi connectivity index (χ1v) is 13.1. The van der Waals surface area contributed by atoms with Gasteiger partial charge in [0.2, 0.25) is 0 Å². The topological polar surface area (TPSA) is 101 Å². The molecule has 2 aliphatic heterocycles. The summed E-state index contributed by atoms with van der Waals surface area (Å²) in [6.07, 6.45) is 0.760. The van der Waals surface area contributed by atoms with Crippen molar-refractivity contribution < 1.29 is 28.6 Å². The first-order chi connectivity index (χ1) is 18.9. The van der Waals surface area contributed by atoms with Crippen molar-refractivity contribution in [2.24, 2.45) is 0 Å². The molecule has 0 aliphatic carbocycles. The van der Waals surface area contributed by atoms with Crippen LogP contribution in [0.5, 0.6) is 11.5 Å². The molecule has 10 heteroatoms. The molecule has 0 spiro atoms. The Kier molecular flexibility index (Phi) is 9.08. The third-order valence-electron chi connectivity index (χ3n) is 7.11. The number of urea groups is 1. The molecule has 0 saturated carbocycles. The van der Waals surface area contributed by atoms with E-state index < -0.39 is 12.0 Å². The van der Waals surface area contributed by atoms with Crippen molar-refractivity contribution in [2.75, 3.05) is 60.6 Å². The fraction of sp³-hybridized carbons (Fsp3) is 0.414. The molecular formula is C29H36N4O6. The molecule has 0 radical (unpaired) electrons. The summed E-state index contributed by atoms with van der Waals surface area (Å²) in [7, 11) is 4.80. The standard InChI is InChI=1S/C29H36N4O6/c1-5-39-28(35)25-23(31(2)29(36)30-26(25)22-9-6-7-10-24(22)38-4)19-32-15-8-16-33(18-17-32)27(34)20-11-13-21(37-3)14-12-20/h6-7,9-14,26H,5,8,15-19H2,1-4H3,(H,30,36)/t26-/m1/s1. The van der Waals surface area contributed by atoms with Gasteiger partial charge in [-0.05, 0) is 43.7 Å². The minimum absolute atomic E-state index is 0.0312. The van der Waals surface area contributed by atoms with Crippen molar-refractivity contribution in [1.29, 1.82) is 0 Å². The predicted octanol–water partition coefficient (Wildman–Crippen LogP) is 3.07. The number of esters is 1. The van der Waals surface area contributed by atoms with Crippen molar-refractivity contribution in [1.82, 2.24) is 20.0 Å². The second-order valence-corrected chi connectivity index (χ2v) is 9.41. The predicted molar refractivity (Wildman–Crippen MR) is 146 cm³/mol. The zero-order valence-electron chi connectivity index (χ0n) is 22.9. The number of likely N-dealkylation sites (N-methyl/N-ethyl adjacent to an activating group) is 1. The molecule has 1 fully saturated rings. The lowest BCUT2D eigenvalue weighted by molar-refractivity contribution is -0.139. The quantitative estimate of drug-likeness (QED) is 0.518. The van der Waals surface area contributed by atoms with Gasteiger partial charge < -0.3 is 24.4 Å². The van der Waals surface area contributed by atoms with E-state index in [1.54, 1.807) is 58.5 Å². The molecule has 1 saturated heterocycles. The third kappa shape index (κ3) is 6.17. The first kappa shape index (κ1) is 28.0. The Balaban J connectivity index is 1.59. The van der Waals surface area contributed by atoms with Crippen LogP contribution in [0.15, 0.2) is 59.8 Å². The zero-order chi connectivity index (χ0) is 27.9. The zero-order valence-corrected chi connectivity index (χ0v) is 22.9. The molecule has 0 aromatic heterocycles. The van der Waals surface area contributed by atoms with Gasteiger partial charge in [-0.2, -0.15) is 0 Å². The molecule has 3 amide bonds. The summed E-state index contributed by atoms with van der Waals surface area (Å²) in [6, 6.07) is 13.4. The summed E-state index contributed by atoms with van der Waals surface area (Å²) in [5.41, 5.74) is 2.23. The Hall–Kier alpha value is -4.05. The van der Waals surface area contributed by atoms with E-state index in [1.165, 1.54) is 4.90 Å². The Bertz CT molecular complexity index is 1230. The summed E-state index contributed by atoms with van der Waals surface area (Å²) in [5.74, 6) is 0.750. The van der Waals surface area contributed by atoms with E-state index >= 15 is 0 Å². The number of para-hydroxylation sites is 1. The third-order valence-corrected chi connectivity index (χ3v) is 7.11. The van der Waals surface area contributed by atoms with Gasteiger partial charge in [0.25, 0.3) is 5.91 Å². The Morgan fingerprint density at radius 1 is 0.974 bits per heavy atom. The van der Waals surface area contributed by atoms with E-state index in [2.05, 4.69) is 10.2 Å². The van der Waals surface area contributed by atoms with Gasteiger partial charge in [0.1, 0.15) is 11.5 Å². The number of hydrogen-bond donors (Lipinski definition) is 1. The highest BCUT2D eigenvalue weighted by atomic mass is 16.5. The summed E-state index contributed by atoms with van der Waals surface area (Å²) in [4.78, 5) is 45.0. The second-order valence-electron chi connectivity index (χ2n) is 9.41. The van der Waals surface area contributed by atoms with Crippen molar-refractivity contribution >= 4 is 17.9 Å². The summed E-state index contributed by atoms with van der Waals surface area (Å²) < 4.78 is 16.2. The van der Waals surface area contributed by atoms with E-state index in [-0.39, 0.29) is 18.5 Å². The van der Waals surface area contributed by atoms with E-state index in [4.69, 9.17) is 14.2 Å². The molecule has 4 rings (SSSR count). The SMILES string of the molecule is CCOC(=O)C1=C(CN2CCCN(C(=O)c3ccc(OC)cc3)CC2)N(C)C(=O)N[C@@H]1c1ccccc1OC. The molecule has 10 nitrogen and oxygen atoms in total. The number of nitrogens with one attached hydrogen (secondary N) is 1. The lowest BCUT2D eigenvalue weighted by Gasteiger charge is -2.37. The van der Waals surface area contributed by atoms with E-state index in [0.717, 1.165) is 6.42 Å². The number of carbonyl (C=O) groups excluding carboxylic acids is 3. The van der Waals surface area contributed by atoms with Crippen LogP contribution >= 0.6 is 0 Å². The van der Waals surface area contributed by atoms with Gasteiger partial charge in [-0.15, -0.1) is 0 Å². The molecule has 1 atom stereocenters. The second kappa shape index (κ2) is 12.7. The lowest BCUT2D eigenvalue weighted by Crippen LogP contribution is -2.49. The lowest BCUT2D eigenvalue weighted by atomic mass is 9.93. The van der Waals surface area contributed by atoms with E-state index in [1.807, 2.05) is 23.1 Å². The molecule has 2 aliphatic rings. The Labute approximate surface area is 229 Å². The summed E-state index contributed by atoms with van der Waals surface area (Å²) >= 11 is 0. The number of amides is 3. The van der Waals surface area contributed by atoms with Crippen molar-refractivity contribution in [3.63, 3.8) is 0 Å². The largest absolute Gasteiger partial charge is 0.497 e. The van der Waals surface area contributed by atoms with Gasteiger partial charge in [0.15, 0.2) is 0 Å². The average Bonchev–Trinajstić information content (AvgIpc) is 3.20. The van der Waals surface area contributed by atoms with Crippen LogP contribution in [0.4, 0.5) is 4.79 Å². The monoisotopic (exact) mass is 536 g/mol. The van der Waals surface area contributed by atoms with Crippen molar-refractivity contribution in [2.45, 2.75) is 19.4 Å². The number of ether oxygens (including phenoxy) is 3. The average molecular weight is 537 g/mol. The van der Waals surface area contributed by atoms with Crippen LogP contribution < -0.4 is 14.8 Å². The van der Waals surface area contributed by atoms with Crippen LogP contribution in [0.3, 0.4) is 0 Å². The molecule has 2 aromatic carbocycles. The van der Waals surface area contributed by atoms with Gasteiger partial charge in [0.05, 0.1) is 32.4 Å². The molecule has 1 N–H and O–H groups in total. The number of methoxy groups -OCH3 is 2. The maximum atomic E-state index is 13.3. The fourth-order valence-electron chi connectivity index (χ4n) is 5.00. The molecular weight excluding hydrogens is 500 g/mol. The molecule has 39 heavy (non-hydrogen) atoms. The summed E-state index contributed by atoms with van der Waals surface area (Å²) in [5, 5.41) is 2.94. The smallest absolute Gasteiger partial charge is 0.338 e. The van der Waals surface area contributed by atoms with Crippen LogP contribution in [0.1, 0.15) is 35.3 Å². The highest BCUT2D eigenvalue weighted by Gasteiger charge is 2.38. The van der Waals surface area contributed by atoms with Gasteiger partial charge in [-0.3, -0.25) is 14.6 Å². The van der Waals surface area contributed by atoms with Gasteiger partial charge >= 0.3 is 12.0 Å². The molecule has 0 unspecified atom stereocenters. The van der Waals surface area contributed by atoms with Crippen LogP contribution in [0.2, 0.25) is 0 Å². The van der Waals surface area contributed by atoms with Gasteiger partial charge in [0, 0.05) is 56.6 Å². The molecule has 2 aromatic rings. The van der Waals surface area contributed by atoms with Crippen LogP contribution in [-0.4, -0.2) is 93.2 Å². The normalized spacial score (nSPS) is 18.4. The van der Waals surface area contributed by atoms with E-state index in [9.17, 15) is 14.4 Å². The highest BCUT2D eigenvalue weighted by Crippen LogP contribution is 2.36. The van der Waals surface area contributed by atoms with Gasteiger partial charge in [-0.1, -0.05) is 18.2 Å². The van der Waals surface area contributed by atoms with Crippen LogP contribution in [0, 0.1) is 0 Å². The summed E-state index contributed by atoms with van der Waals surface area (Å²) in [6.45, 7) is 4.76. The Morgan fingerprint density at radius 3 is 2.41 bits per heavy atom.